The molecule has 2 aromatic rings. The van der Waals surface area contributed by atoms with Gasteiger partial charge in [0, 0.05) is 26.7 Å². The van der Waals surface area contributed by atoms with Gasteiger partial charge in [-0.1, -0.05) is 61.5 Å². The Kier molecular flexibility index (Phi) is 12.6. The quantitative estimate of drug-likeness (QED) is 0.290. The SMILES string of the molecule is CN=C(NCc1cccc(CN(C)C)c1)NCC(C)COCc1ccccc1.I. The summed E-state index contributed by atoms with van der Waals surface area (Å²) in [6.45, 7) is 6.05. The van der Waals surface area contributed by atoms with E-state index in [0.29, 0.717) is 19.1 Å². The third-order valence-corrected chi connectivity index (χ3v) is 4.31. The number of guanidine groups is 1. The van der Waals surface area contributed by atoms with Crippen molar-refractivity contribution in [2.75, 3.05) is 34.3 Å². The number of nitrogens with zero attached hydrogens (tertiary/aromatic N) is 2. The van der Waals surface area contributed by atoms with Gasteiger partial charge in [0.1, 0.15) is 0 Å². The molecule has 0 radical (unpaired) electrons. The van der Waals surface area contributed by atoms with Crippen LogP contribution in [0.4, 0.5) is 0 Å². The lowest BCUT2D eigenvalue weighted by Gasteiger charge is -2.17. The molecule has 0 aromatic heterocycles. The molecule has 0 aliphatic carbocycles. The van der Waals surface area contributed by atoms with E-state index in [4.69, 9.17) is 4.74 Å². The maximum Gasteiger partial charge on any atom is 0.191 e. The summed E-state index contributed by atoms with van der Waals surface area (Å²) in [6.07, 6.45) is 0. The zero-order valence-corrected chi connectivity index (χ0v) is 20.4. The first-order chi connectivity index (χ1) is 13.6. The number of benzene rings is 2. The molecule has 0 bridgehead atoms. The van der Waals surface area contributed by atoms with Crippen LogP contribution in [0.25, 0.3) is 0 Å². The highest BCUT2D eigenvalue weighted by Crippen LogP contribution is 2.07. The van der Waals surface area contributed by atoms with Gasteiger partial charge in [0.05, 0.1) is 13.2 Å². The molecule has 2 N–H and O–H groups in total. The molecule has 1 unspecified atom stereocenters. The van der Waals surface area contributed by atoms with Crippen molar-refractivity contribution >= 4 is 29.9 Å². The number of ether oxygens (including phenoxy) is 1. The highest BCUT2D eigenvalue weighted by atomic mass is 127. The van der Waals surface area contributed by atoms with E-state index in [-0.39, 0.29) is 24.0 Å². The molecule has 2 aromatic carbocycles. The Balaban J connectivity index is 0.00000420. The molecule has 29 heavy (non-hydrogen) atoms. The number of nitrogens with one attached hydrogen (secondary N) is 2. The summed E-state index contributed by atoms with van der Waals surface area (Å²) < 4.78 is 5.82. The van der Waals surface area contributed by atoms with E-state index in [0.717, 1.165) is 25.6 Å². The lowest BCUT2D eigenvalue weighted by molar-refractivity contribution is 0.0931. The highest BCUT2D eigenvalue weighted by Gasteiger charge is 2.05. The van der Waals surface area contributed by atoms with Crippen LogP contribution in [-0.2, 0) is 24.4 Å². The zero-order valence-electron chi connectivity index (χ0n) is 18.0. The van der Waals surface area contributed by atoms with Crippen LogP contribution in [0, 0.1) is 5.92 Å². The van der Waals surface area contributed by atoms with Gasteiger partial charge in [-0.3, -0.25) is 4.99 Å². The molecule has 0 amide bonds. The number of rotatable bonds is 10. The summed E-state index contributed by atoms with van der Waals surface area (Å²) in [6, 6.07) is 18.9. The van der Waals surface area contributed by atoms with Crippen LogP contribution < -0.4 is 10.6 Å². The molecule has 5 nitrogen and oxygen atoms in total. The van der Waals surface area contributed by atoms with Gasteiger partial charge >= 0.3 is 0 Å². The van der Waals surface area contributed by atoms with Crippen molar-refractivity contribution in [1.82, 2.24) is 15.5 Å². The second-order valence-corrected chi connectivity index (χ2v) is 7.47. The van der Waals surface area contributed by atoms with E-state index in [9.17, 15) is 0 Å². The fourth-order valence-electron chi connectivity index (χ4n) is 2.89. The third kappa shape index (κ3) is 10.6. The van der Waals surface area contributed by atoms with Crippen molar-refractivity contribution in [1.29, 1.82) is 0 Å². The minimum Gasteiger partial charge on any atom is -0.376 e. The Morgan fingerprint density at radius 2 is 1.69 bits per heavy atom. The van der Waals surface area contributed by atoms with Crippen molar-refractivity contribution in [3.05, 3.63) is 71.3 Å². The summed E-state index contributed by atoms with van der Waals surface area (Å²) in [7, 11) is 5.97. The first kappa shape index (κ1) is 25.4. The zero-order chi connectivity index (χ0) is 20.2. The molecule has 6 heteroatoms. The minimum atomic E-state index is 0. The molecule has 0 fully saturated rings. The van der Waals surface area contributed by atoms with Crippen LogP contribution in [0.5, 0.6) is 0 Å². The van der Waals surface area contributed by atoms with Crippen molar-refractivity contribution in [3.63, 3.8) is 0 Å². The van der Waals surface area contributed by atoms with Gasteiger partial charge in [0.2, 0.25) is 0 Å². The Hall–Kier alpha value is -1.64. The Morgan fingerprint density at radius 3 is 2.38 bits per heavy atom. The Morgan fingerprint density at radius 1 is 1.00 bits per heavy atom. The summed E-state index contributed by atoms with van der Waals surface area (Å²) in [5, 5.41) is 6.77. The standard InChI is InChI=1S/C23H34N4O.HI/c1-19(17-28-18-20-9-6-5-7-10-20)14-25-23(24-2)26-15-21-11-8-12-22(13-21)16-27(3)4;/h5-13,19H,14-18H2,1-4H3,(H2,24,25,26);1H. The summed E-state index contributed by atoms with van der Waals surface area (Å²) in [5.74, 6) is 1.21. The lowest BCUT2D eigenvalue weighted by atomic mass is 10.1. The van der Waals surface area contributed by atoms with Gasteiger partial charge in [-0.15, -0.1) is 24.0 Å². The van der Waals surface area contributed by atoms with Gasteiger partial charge < -0.3 is 20.3 Å². The normalized spacial score (nSPS) is 12.4. The molecule has 0 saturated heterocycles. The molecule has 0 spiro atoms. The highest BCUT2D eigenvalue weighted by molar-refractivity contribution is 14.0. The molecule has 0 aliphatic heterocycles. The maximum absolute atomic E-state index is 5.82. The van der Waals surface area contributed by atoms with E-state index in [1.165, 1.54) is 16.7 Å². The van der Waals surface area contributed by atoms with Gasteiger partial charge in [0.15, 0.2) is 5.96 Å². The Bertz CT molecular complexity index is 722. The molecule has 2 rings (SSSR count). The largest absolute Gasteiger partial charge is 0.376 e. The summed E-state index contributed by atoms with van der Waals surface area (Å²) >= 11 is 0. The molecule has 0 aliphatic rings. The molecule has 0 saturated carbocycles. The van der Waals surface area contributed by atoms with Gasteiger partial charge in [-0.2, -0.15) is 0 Å². The van der Waals surface area contributed by atoms with Crippen LogP contribution in [-0.4, -0.2) is 45.2 Å². The average Bonchev–Trinajstić information content (AvgIpc) is 2.69. The molecule has 0 heterocycles. The second kappa shape index (κ2) is 14.4. The second-order valence-electron chi connectivity index (χ2n) is 7.47. The first-order valence-corrected chi connectivity index (χ1v) is 9.85. The fourth-order valence-corrected chi connectivity index (χ4v) is 2.89. The lowest BCUT2D eigenvalue weighted by Crippen LogP contribution is -2.39. The Labute approximate surface area is 193 Å². The van der Waals surface area contributed by atoms with E-state index in [1.807, 2.05) is 18.2 Å². The summed E-state index contributed by atoms with van der Waals surface area (Å²) in [4.78, 5) is 6.49. The van der Waals surface area contributed by atoms with Crippen LogP contribution >= 0.6 is 24.0 Å². The van der Waals surface area contributed by atoms with E-state index in [1.54, 1.807) is 7.05 Å². The van der Waals surface area contributed by atoms with Crippen molar-refractivity contribution in [2.24, 2.45) is 10.9 Å². The smallest absolute Gasteiger partial charge is 0.191 e. The predicted molar refractivity (Wildman–Crippen MR) is 133 cm³/mol. The van der Waals surface area contributed by atoms with E-state index in [2.05, 4.69) is 77.9 Å². The van der Waals surface area contributed by atoms with Crippen LogP contribution in [0.2, 0.25) is 0 Å². The van der Waals surface area contributed by atoms with Gasteiger partial charge in [0.25, 0.3) is 0 Å². The number of aliphatic imine (C=N–C) groups is 1. The average molecular weight is 510 g/mol. The van der Waals surface area contributed by atoms with Crippen LogP contribution in [0.15, 0.2) is 59.6 Å². The predicted octanol–water partition coefficient (Wildman–Crippen LogP) is 3.88. The van der Waals surface area contributed by atoms with Crippen molar-refractivity contribution in [3.8, 4) is 0 Å². The fraction of sp³-hybridized carbons (Fsp3) is 0.435. The monoisotopic (exact) mass is 510 g/mol. The number of hydrogen-bond donors (Lipinski definition) is 2. The molecule has 160 valence electrons. The molecule has 1 atom stereocenters. The third-order valence-electron chi connectivity index (χ3n) is 4.31. The van der Waals surface area contributed by atoms with Crippen LogP contribution in [0.1, 0.15) is 23.6 Å². The number of hydrogen-bond acceptors (Lipinski definition) is 3. The number of halogens is 1. The van der Waals surface area contributed by atoms with E-state index >= 15 is 0 Å². The molecular formula is C23H35IN4O. The van der Waals surface area contributed by atoms with Crippen molar-refractivity contribution < 1.29 is 4.74 Å². The summed E-state index contributed by atoms with van der Waals surface area (Å²) in [5.41, 5.74) is 3.77. The topological polar surface area (TPSA) is 48.9 Å². The van der Waals surface area contributed by atoms with Gasteiger partial charge in [-0.05, 0) is 36.7 Å². The minimum absolute atomic E-state index is 0. The molecular weight excluding hydrogens is 475 g/mol. The van der Waals surface area contributed by atoms with Gasteiger partial charge in [-0.25, -0.2) is 0 Å². The van der Waals surface area contributed by atoms with Crippen molar-refractivity contribution in [2.45, 2.75) is 26.6 Å². The first-order valence-electron chi connectivity index (χ1n) is 9.85. The van der Waals surface area contributed by atoms with E-state index < -0.39 is 0 Å². The maximum atomic E-state index is 5.82. The van der Waals surface area contributed by atoms with Crippen LogP contribution in [0.3, 0.4) is 0 Å².